The molecule has 9 heteroatoms. The third-order valence-electron chi connectivity index (χ3n) is 2.49. The van der Waals surface area contributed by atoms with E-state index in [4.69, 9.17) is 28.5 Å². The Balaban J connectivity index is 2.44. The van der Waals surface area contributed by atoms with E-state index in [1.54, 1.807) is 0 Å². The lowest BCUT2D eigenvalue weighted by Crippen LogP contribution is -2.16. The molecule has 0 atom stereocenters. The topological polar surface area (TPSA) is 87.8 Å². The number of halogens is 2. The Morgan fingerprint density at radius 3 is 2.65 bits per heavy atom. The van der Waals surface area contributed by atoms with Crippen LogP contribution in [-0.4, -0.2) is 18.2 Å². The second-order valence-corrected chi connectivity index (χ2v) is 6.32. The van der Waals surface area contributed by atoms with Crippen LogP contribution >= 0.6 is 23.2 Å². The van der Waals surface area contributed by atoms with Gasteiger partial charge in [0.1, 0.15) is 11.6 Å². The fraction of sp³-hybridized carbons (Fsp3) is 0.0909. The lowest BCUT2D eigenvalue weighted by Gasteiger charge is -2.09. The molecule has 0 radical (unpaired) electrons. The smallest absolute Gasteiger partial charge is 0.262 e. The lowest BCUT2D eigenvalue weighted by atomic mass is 10.4. The minimum Gasteiger partial charge on any atom is -0.262 e. The molecular formula is C11H8Cl2N4O2S. The second-order valence-electron chi connectivity index (χ2n) is 3.82. The highest BCUT2D eigenvalue weighted by Gasteiger charge is 2.19. The van der Waals surface area contributed by atoms with Crippen LogP contribution in [0.4, 0.5) is 5.82 Å². The molecule has 0 fully saturated rings. The highest BCUT2D eigenvalue weighted by Crippen LogP contribution is 2.26. The summed E-state index contributed by atoms with van der Waals surface area (Å²) >= 11 is 11.5. The van der Waals surface area contributed by atoms with Crippen LogP contribution in [0.2, 0.25) is 10.0 Å². The first-order chi connectivity index (χ1) is 9.35. The van der Waals surface area contributed by atoms with E-state index in [1.807, 2.05) is 6.07 Å². The van der Waals surface area contributed by atoms with E-state index < -0.39 is 10.0 Å². The first kappa shape index (κ1) is 14.7. The summed E-state index contributed by atoms with van der Waals surface area (Å²) in [6.45, 7) is 0. The maximum absolute atomic E-state index is 12.2. The summed E-state index contributed by atoms with van der Waals surface area (Å²) in [6, 6.07) is 5.78. The molecule has 0 aliphatic carbocycles. The van der Waals surface area contributed by atoms with Gasteiger partial charge in [-0.25, -0.2) is 8.42 Å². The Bertz CT molecular complexity index is 808. The molecule has 0 saturated heterocycles. The van der Waals surface area contributed by atoms with Crippen molar-refractivity contribution in [3.63, 3.8) is 0 Å². The predicted octanol–water partition coefficient (Wildman–Crippen LogP) is 2.40. The Hall–Kier alpha value is -1.75. The zero-order valence-electron chi connectivity index (χ0n) is 10.1. The molecule has 1 aromatic carbocycles. The van der Waals surface area contributed by atoms with Gasteiger partial charge in [0.05, 0.1) is 21.1 Å². The normalized spacial score (nSPS) is 11.1. The molecule has 0 unspecified atom stereocenters. The molecule has 0 spiro atoms. The van der Waals surface area contributed by atoms with Gasteiger partial charge < -0.3 is 0 Å². The van der Waals surface area contributed by atoms with Gasteiger partial charge in [-0.05, 0) is 18.2 Å². The van der Waals surface area contributed by atoms with Crippen LogP contribution in [0.5, 0.6) is 0 Å². The summed E-state index contributed by atoms with van der Waals surface area (Å²) in [7, 11) is -2.36. The molecule has 1 heterocycles. The molecule has 0 aliphatic heterocycles. The predicted molar refractivity (Wildman–Crippen MR) is 75.2 cm³/mol. The van der Waals surface area contributed by atoms with Crippen molar-refractivity contribution in [3.05, 3.63) is 40.0 Å². The maximum Gasteiger partial charge on any atom is 0.263 e. The second kappa shape index (κ2) is 5.32. The fourth-order valence-corrected chi connectivity index (χ4v) is 2.97. The number of benzene rings is 1. The number of hydrogen-bond acceptors (Lipinski definition) is 4. The minimum absolute atomic E-state index is 0.0583. The molecule has 0 amide bonds. The average Bonchev–Trinajstić information content (AvgIpc) is 2.73. The maximum atomic E-state index is 12.2. The van der Waals surface area contributed by atoms with Gasteiger partial charge in [-0.1, -0.05) is 23.2 Å². The van der Waals surface area contributed by atoms with Crippen molar-refractivity contribution in [1.29, 1.82) is 5.26 Å². The van der Waals surface area contributed by atoms with Gasteiger partial charge in [0.2, 0.25) is 0 Å². The minimum atomic E-state index is -3.88. The number of nitrogens with zero attached hydrogens (tertiary/aromatic N) is 3. The molecule has 2 aromatic rings. The van der Waals surface area contributed by atoms with Gasteiger partial charge in [-0.15, -0.1) is 0 Å². The average molecular weight is 331 g/mol. The van der Waals surface area contributed by atoms with E-state index in [2.05, 4.69) is 9.82 Å². The quantitative estimate of drug-likeness (QED) is 0.935. The number of nitriles is 1. The first-order valence-electron chi connectivity index (χ1n) is 5.25. The number of aromatic nitrogens is 2. The molecule has 6 nitrogen and oxygen atoms in total. The van der Waals surface area contributed by atoms with Gasteiger partial charge in [0.15, 0.2) is 5.82 Å². The van der Waals surface area contributed by atoms with E-state index in [-0.39, 0.29) is 26.3 Å². The lowest BCUT2D eigenvalue weighted by molar-refractivity contribution is 0.600. The standard InChI is InChI=1S/C11H8Cl2N4O2S/c1-17-11(7(5-14)6-15-17)16-20(18,19)8-2-3-9(12)10(13)4-8/h2-4,6,16H,1H3. The number of aryl methyl sites for hydroxylation is 1. The largest absolute Gasteiger partial charge is 0.263 e. The monoisotopic (exact) mass is 330 g/mol. The van der Waals surface area contributed by atoms with Crippen LogP contribution in [0, 0.1) is 11.3 Å². The summed E-state index contributed by atoms with van der Waals surface area (Å²) in [5, 5.41) is 13.1. The van der Waals surface area contributed by atoms with Gasteiger partial charge in [-0.2, -0.15) is 10.4 Å². The van der Waals surface area contributed by atoms with Crippen LogP contribution in [0.25, 0.3) is 0 Å². The van der Waals surface area contributed by atoms with Crippen LogP contribution in [0.15, 0.2) is 29.3 Å². The molecule has 0 aliphatic rings. The third-order valence-corrected chi connectivity index (χ3v) is 4.57. The van der Waals surface area contributed by atoms with Crippen molar-refractivity contribution in [1.82, 2.24) is 9.78 Å². The Morgan fingerprint density at radius 1 is 1.35 bits per heavy atom. The summed E-state index contributed by atoms with van der Waals surface area (Å²) in [5.41, 5.74) is 0.121. The zero-order valence-corrected chi connectivity index (χ0v) is 12.5. The van der Waals surface area contributed by atoms with Crippen molar-refractivity contribution >= 4 is 39.0 Å². The molecule has 0 bridgehead atoms. The number of rotatable bonds is 3. The highest BCUT2D eigenvalue weighted by molar-refractivity contribution is 7.92. The van der Waals surface area contributed by atoms with Crippen molar-refractivity contribution in [2.75, 3.05) is 4.72 Å². The molecule has 0 saturated carbocycles. The molecule has 1 aromatic heterocycles. The summed E-state index contributed by atoms with van der Waals surface area (Å²) in [6.07, 6.45) is 1.27. The van der Waals surface area contributed by atoms with Crippen molar-refractivity contribution in [3.8, 4) is 6.07 Å². The van der Waals surface area contributed by atoms with E-state index in [0.717, 1.165) is 0 Å². The molecule has 104 valence electrons. The highest BCUT2D eigenvalue weighted by atomic mass is 35.5. The van der Waals surface area contributed by atoms with Gasteiger partial charge in [0.25, 0.3) is 10.0 Å². The first-order valence-corrected chi connectivity index (χ1v) is 7.49. The molecule has 1 N–H and O–H groups in total. The van der Waals surface area contributed by atoms with E-state index >= 15 is 0 Å². The summed E-state index contributed by atoms with van der Waals surface area (Å²) < 4.78 is 28.0. The number of nitrogens with one attached hydrogen (secondary N) is 1. The Morgan fingerprint density at radius 2 is 2.05 bits per heavy atom. The van der Waals surface area contributed by atoms with Crippen LogP contribution in [0.3, 0.4) is 0 Å². The Kier molecular flexibility index (Phi) is 3.90. The van der Waals surface area contributed by atoms with Crippen molar-refractivity contribution in [2.45, 2.75) is 4.90 Å². The number of sulfonamides is 1. The van der Waals surface area contributed by atoms with Crippen molar-refractivity contribution < 1.29 is 8.42 Å². The summed E-state index contributed by atoms with van der Waals surface area (Å²) in [5.74, 6) is 0.0820. The number of anilines is 1. The molecule has 20 heavy (non-hydrogen) atoms. The van der Waals surface area contributed by atoms with Gasteiger partial charge >= 0.3 is 0 Å². The molecular weight excluding hydrogens is 323 g/mol. The molecule has 2 rings (SSSR count). The Labute approximate surface area is 125 Å². The van der Waals surface area contributed by atoms with E-state index in [9.17, 15) is 8.42 Å². The number of hydrogen-bond donors (Lipinski definition) is 1. The third kappa shape index (κ3) is 2.72. The van der Waals surface area contributed by atoms with Gasteiger partial charge in [-0.3, -0.25) is 9.40 Å². The van der Waals surface area contributed by atoms with Crippen LogP contribution in [-0.2, 0) is 17.1 Å². The zero-order chi connectivity index (χ0) is 14.9. The van der Waals surface area contributed by atoms with Crippen LogP contribution < -0.4 is 4.72 Å². The fourth-order valence-electron chi connectivity index (χ4n) is 1.47. The van der Waals surface area contributed by atoms with Gasteiger partial charge in [0, 0.05) is 7.05 Å². The summed E-state index contributed by atoms with van der Waals surface area (Å²) in [4.78, 5) is -0.0583. The van der Waals surface area contributed by atoms with Crippen LogP contribution in [0.1, 0.15) is 5.56 Å². The van der Waals surface area contributed by atoms with E-state index in [0.29, 0.717) is 0 Å². The SMILES string of the molecule is Cn1ncc(C#N)c1NS(=O)(=O)c1ccc(Cl)c(Cl)c1. The van der Waals surface area contributed by atoms with Crippen molar-refractivity contribution in [2.24, 2.45) is 7.05 Å². The van der Waals surface area contributed by atoms with E-state index in [1.165, 1.54) is 36.1 Å².